The van der Waals surface area contributed by atoms with Gasteiger partial charge in [0.2, 0.25) is 11.8 Å². The van der Waals surface area contributed by atoms with Crippen LogP contribution in [0.15, 0.2) is 54.6 Å². The Balaban J connectivity index is 0.793. The smallest absolute Gasteiger partial charge is 0.262 e. The molecule has 2 saturated heterocycles. The summed E-state index contributed by atoms with van der Waals surface area (Å²) >= 11 is 6.14. The molecule has 53 heavy (non-hydrogen) atoms. The number of hydrogen-bond donors (Lipinski definition) is 2. The highest BCUT2D eigenvalue weighted by molar-refractivity contribution is 6.31. The van der Waals surface area contributed by atoms with Crippen molar-refractivity contribution in [3.63, 3.8) is 0 Å². The van der Waals surface area contributed by atoms with Crippen LogP contribution in [-0.2, 0) is 22.7 Å². The summed E-state index contributed by atoms with van der Waals surface area (Å²) in [6.45, 7) is 4.15. The predicted octanol–water partition coefficient (Wildman–Crippen LogP) is 4.57. The first-order chi connectivity index (χ1) is 25.6. The SMILES string of the molecule is N#Cc1ccc(O[C@@H]2CC[C@@H](NC(=O)c3ccc(N4CCC(CN5Cc6cc7c(cc6C5)C(=O)N(C5CCC(=O)NC5=O)C7=O)CC4)cc3)C2)cc1Cl. The van der Waals surface area contributed by atoms with Gasteiger partial charge >= 0.3 is 0 Å². The summed E-state index contributed by atoms with van der Waals surface area (Å²) in [5.41, 5.74) is 4.86. The van der Waals surface area contributed by atoms with E-state index < -0.39 is 23.8 Å². The fraction of sp³-hybridized carbons (Fsp3) is 0.400. The van der Waals surface area contributed by atoms with Gasteiger partial charge in [-0.3, -0.25) is 39.1 Å². The van der Waals surface area contributed by atoms with Crippen LogP contribution in [0.2, 0.25) is 5.02 Å². The molecule has 0 bridgehead atoms. The fourth-order valence-corrected chi connectivity index (χ4v) is 8.64. The van der Waals surface area contributed by atoms with Gasteiger partial charge in [0.25, 0.3) is 17.7 Å². The van der Waals surface area contributed by atoms with Crippen LogP contribution in [0.4, 0.5) is 5.69 Å². The number of fused-ring (bicyclic) bond motifs is 2. The zero-order chi connectivity index (χ0) is 36.8. The second-order valence-electron chi connectivity index (χ2n) is 14.7. The van der Waals surface area contributed by atoms with E-state index in [1.54, 1.807) is 18.2 Å². The molecule has 3 atom stereocenters. The third-order valence-corrected chi connectivity index (χ3v) is 11.6. The topological polar surface area (TPSA) is 152 Å². The minimum absolute atomic E-state index is 0.0182. The summed E-state index contributed by atoms with van der Waals surface area (Å²) in [5, 5.41) is 14.8. The van der Waals surface area contributed by atoms with Crippen molar-refractivity contribution in [3.05, 3.63) is 93.0 Å². The van der Waals surface area contributed by atoms with E-state index in [1.807, 2.05) is 42.5 Å². The monoisotopic (exact) mass is 734 g/mol. The van der Waals surface area contributed by atoms with E-state index in [9.17, 15) is 24.0 Å². The number of rotatable bonds is 8. The van der Waals surface area contributed by atoms with Crippen molar-refractivity contribution < 1.29 is 28.7 Å². The molecular formula is C40H39ClN6O6. The lowest BCUT2D eigenvalue weighted by molar-refractivity contribution is -0.136. The van der Waals surface area contributed by atoms with E-state index in [2.05, 4.69) is 20.4 Å². The van der Waals surface area contributed by atoms with E-state index in [0.717, 1.165) is 67.0 Å². The summed E-state index contributed by atoms with van der Waals surface area (Å²) in [7, 11) is 0. The van der Waals surface area contributed by atoms with Gasteiger partial charge in [-0.05, 0) is 97.7 Å². The molecule has 1 saturated carbocycles. The highest BCUT2D eigenvalue weighted by Crippen LogP contribution is 2.35. The third-order valence-electron chi connectivity index (χ3n) is 11.3. The molecule has 272 valence electrons. The molecule has 4 heterocycles. The van der Waals surface area contributed by atoms with E-state index in [-0.39, 0.29) is 36.8 Å². The first kappa shape index (κ1) is 34.8. The summed E-state index contributed by atoms with van der Waals surface area (Å²) < 4.78 is 6.07. The molecule has 8 rings (SSSR count). The maximum Gasteiger partial charge on any atom is 0.262 e. The number of nitrogens with one attached hydrogen (secondary N) is 2. The van der Waals surface area contributed by atoms with E-state index in [1.165, 1.54) is 0 Å². The first-order valence-electron chi connectivity index (χ1n) is 18.3. The molecule has 3 aromatic rings. The Morgan fingerprint density at radius 2 is 1.60 bits per heavy atom. The molecule has 3 aromatic carbocycles. The largest absolute Gasteiger partial charge is 0.490 e. The van der Waals surface area contributed by atoms with Crippen molar-refractivity contribution in [1.29, 1.82) is 5.26 Å². The van der Waals surface area contributed by atoms with Crippen LogP contribution in [0, 0.1) is 17.2 Å². The number of carbonyl (C=O) groups is 5. The van der Waals surface area contributed by atoms with Crippen LogP contribution in [-0.4, -0.2) is 77.2 Å². The molecule has 5 aliphatic rings. The molecule has 1 aliphatic carbocycles. The number of imide groups is 2. The van der Waals surface area contributed by atoms with Crippen molar-refractivity contribution >= 4 is 46.8 Å². The van der Waals surface area contributed by atoms with Gasteiger partial charge < -0.3 is 15.0 Å². The number of hydrogen-bond acceptors (Lipinski definition) is 9. The van der Waals surface area contributed by atoms with Crippen molar-refractivity contribution in [2.24, 2.45) is 5.92 Å². The average molecular weight is 735 g/mol. The number of nitriles is 1. The Bertz CT molecular complexity index is 2010. The second kappa shape index (κ2) is 14.3. The Kier molecular flexibility index (Phi) is 9.39. The zero-order valence-corrected chi connectivity index (χ0v) is 29.9. The predicted molar refractivity (Wildman–Crippen MR) is 194 cm³/mol. The number of carbonyl (C=O) groups excluding carboxylic acids is 5. The summed E-state index contributed by atoms with van der Waals surface area (Å²) in [6.07, 6.45) is 4.61. The van der Waals surface area contributed by atoms with Crippen LogP contribution in [0.1, 0.15) is 92.7 Å². The Morgan fingerprint density at radius 3 is 2.25 bits per heavy atom. The van der Waals surface area contributed by atoms with Crippen molar-refractivity contribution in [3.8, 4) is 11.8 Å². The second-order valence-corrected chi connectivity index (χ2v) is 15.1. The number of anilines is 1. The molecular weight excluding hydrogens is 696 g/mol. The van der Waals surface area contributed by atoms with Crippen LogP contribution >= 0.6 is 11.6 Å². The highest BCUT2D eigenvalue weighted by Gasteiger charge is 2.45. The Morgan fingerprint density at radius 1 is 0.906 bits per heavy atom. The van der Waals surface area contributed by atoms with Gasteiger partial charge in [0.15, 0.2) is 0 Å². The molecule has 4 aliphatic heterocycles. The molecule has 0 aromatic heterocycles. The number of ether oxygens (including phenoxy) is 1. The third kappa shape index (κ3) is 6.99. The molecule has 5 amide bonds. The van der Waals surface area contributed by atoms with Gasteiger partial charge in [-0.25, -0.2) is 0 Å². The quantitative estimate of drug-likeness (QED) is 0.317. The zero-order valence-electron chi connectivity index (χ0n) is 29.1. The summed E-state index contributed by atoms with van der Waals surface area (Å²) in [5.74, 6) is -0.897. The van der Waals surface area contributed by atoms with Gasteiger partial charge in [-0.1, -0.05) is 11.6 Å². The van der Waals surface area contributed by atoms with Gasteiger partial charge in [-0.2, -0.15) is 5.26 Å². The average Bonchev–Trinajstić information content (AvgIpc) is 3.83. The first-order valence-corrected chi connectivity index (χ1v) is 18.6. The lowest BCUT2D eigenvalue weighted by Gasteiger charge is -2.35. The van der Waals surface area contributed by atoms with Crippen molar-refractivity contribution in [2.75, 3.05) is 24.5 Å². The van der Waals surface area contributed by atoms with Crippen LogP contribution in [0.5, 0.6) is 5.75 Å². The Hall–Kier alpha value is -5.25. The molecule has 0 radical (unpaired) electrons. The lowest BCUT2D eigenvalue weighted by Crippen LogP contribution is -2.54. The fourth-order valence-electron chi connectivity index (χ4n) is 8.43. The normalized spacial score (nSPS) is 23.1. The maximum atomic E-state index is 13.3. The van der Waals surface area contributed by atoms with E-state index in [0.29, 0.717) is 58.5 Å². The van der Waals surface area contributed by atoms with Gasteiger partial charge in [0.05, 0.1) is 21.7 Å². The van der Waals surface area contributed by atoms with Crippen molar-refractivity contribution in [2.45, 2.75) is 76.2 Å². The number of benzene rings is 3. The minimum Gasteiger partial charge on any atom is -0.490 e. The summed E-state index contributed by atoms with van der Waals surface area (Å²) in [4.78, 5) is 69.4. The lowest BCUT2D eigenvalue weighted by atomic mass is 9.95. The van der Waals surface area contributed by atoms with Gasteiger partial charge in [-0.15, -0.1) is 0 Å². The molecule has 12 nitrogen and oxygen atoms in total. The number of piperidine rings is 2. The number of halogens is 1. The van der Waals surface area contributed by atoms with Crippen LogP contribution in [0.25, 0.3) is 0 Å². The van der Waals surface area contributed by atoms with Crippen LogP contribution in [0.3, 0.4) is 0 Å². The van der Waals surface area contributed by atoms with E-state index in [4.69, 9.17) is 21.6 Å². The molecule has 2 N–H and O–H groups in total. The standard InChI is InChI=1S/C40H39ClN6O6/c41-34-18-31(7-3-25(34)19-42)53-30-8-4-28(17-30)43-37(49)24-1-5-29(6-2-24)46-13-11-23(12-14-46)20-45-21-26-15-32-33(16-27(26)22-45)40(52)47(39(32)51)35-9-10-36(48)44-38(35)50/h1-3,5-7,15-16,18,23,28,30,35H,4,8-14,17,20-22H2,(H,43,49)(H,44,48,50)/t28-,30-,35?/m1/s1. The minimum atomic E-state index is -0.962. The molecule has 0 spiro atoms. The molecule has 1 unspecified atom stereocenters. The molecule has 3 fully saturated rings. The Labute approximate surface area is 312 Å². The number of amides is 5. The highest BCUT2D eigenvalue weighted by atomic mass is 35.5. The summed E-state index contributed by atoms with van der Waals surface area (Å²) in [6, 6.07) is 17.6. The maximum absolute atomic E-state index is 13.3. The number of nitrogens with zero attached hydrogens (tertiary/aromatic N) is 4. The van der Waals surface area contributed by atoms with Gasteiger partial charge in [0, 0.05) is 68.9 Å². The van der Waals surface area contributed by atoms with Gasteiger partial charge in [0.1, 0.15) is 24.0 Å². The van der Waals surface area contributed by atoms with Crippen molar-refractivity contribution in [1.82, 2.24) is 20.4 Å². The van der Waals surface area contributed by atoms with Crippen LogP contribution < -0.4 is 20.3 Å². The molecule has 13 heteroatoms. The van der Waals surface area contributed by atoms with E-state index >= 15 is 0 Å².